The van der Waals surface area contributed by atoms with Crippen LogP contribution in [0.25, 0.3) is 0 Å². The van der Waals surface area contributed by atoms with E-state index in [4.69, 9.17) is 9.47 Å². The topological polar surface area (TPSA) is 81.7 Å². The lowest BCUT2D eigenvalue weighted by atomic mass is 9.94. The molecule has 6 nitrogen and oxygen atoms in total. The van der Waals surface area contributed by atoms with Crippen molar-refractivity contribution in [1.29, 1.82) is 0 Å². The van der Waals surface area contributed by atoms with Crippen LogP contribution in [-0.2, 0) is 20.9 Å². The highest BCUT2D eigenvalue weighted by atomic mass is 16.5. The second kappa shape index (κ2) is 10.2. The molecule has 0 amide bonds. The second-order valence-electron chi connectivity index (χ2n) is 6.62. The predicted molar refractivity (Wildman–Crippen MR) is 111 cm³/mol. The van der Waals surface area contributed by atoms with Gasteiger partial charge >= 0.3 is 11.9 Å². The normalized spacial score (nSPS) is 10.3. The molecule has 152 valence electrons. The standard InChI is InChI=1S/C23H25NO5/c1-5-28-22(26)16(4)24-19-13-9-12-18(20(19)21(25)15(2)3)14-29-23(27)17-10-7-6-8-11-17/h6-13,15,24H,4-5,14H2,1-3H3. The summed E-state index contributed by atoms with van der Waals surface area (Å²) in [7, 11) is 0. The monoisotopic (exact) mass is 395 g/mol. The molecule has 0 radical (unpaired) electrons. The van der Waals surface area contributed by atoms with Crippen LogP contribution in [0.2, 0.25) is 0 Å². The van der Waals surface area contributed by atoms with Crippen molar-refractivity contribution in [3.63, 3.8) is 0 Å². The minimum atomic E-state index is -0.601. The van der Waals surface area contributed by atoms with Crippen LogP contribution in [0.4, 0.5) is 5.69 Å². The molecule has 0 bridgehead atoms. The summed E-state index contributed by atoms with van der Waals surface area (Å²) < 4.78 is 10.3. The molecule has 0 fully saturated rings. The zero-order chi connectivity index (χ0) is 21.4. The van der Waals surface area contributed by atoms with Crippen LogP contribution in [0.5, 0.6) is 0 Å². The van der Waals surface area contributed by atoms with E-state index in [0.717, 1.165) is 0 Å². The Balaban J connectivity index is 2.29. The maximum atomic E-state index is 12.9. The number of ether oxygens (including phenoxy) is 2. The zero-order valence-corrected chi connectivity index (χ0v) is 16.9. The van der Waals surface area contributed by atoms with E-state index in [-0.39, 0.29) is 30.6 Å². The number of ketones is 1. The molecule has 0 aliphatic rings. The predicted octanol–water partition coefficient (Wildman–Crippen LogP) is 4.37. The van der Waals surface area contributed by atoms with Gasteiger partial charge in [0.2, 0.25) is 0 Å². The molecular formula is C23H25NO5. The molecule has 0 saturated carbocycles. The van der Waals surface area contributed by atoms with Crippen molar-refractivity contribution in [2.75, 3.05) is 11.9 Å². The van der Waals surface area contributed by atoms with E-state index in [1.807, 2.05) is 6.07 Å². The highest BCUT2D eigenvalue weighted by Crippen LogP contribution is 2.26. The highest BCUT2D eigenvalue weighted by molar-refractivity contribution is 6.05. The lowest BCUT2D eigenvalue weighted by molar-refractivity contribution is -0.138. The minimum absolute atomic E-state index is 0.0167. The first-order valence-corrected chi connectivity index (χ1v) is 9.36. The van der Waals surface area contributed by atoms with Gasteiger partial charge in [0.25, 0.3) is 0 Å². The van der Waals surface area contributed by atoms with E-state index in [1.165, 1.54) is 0 Å². The third-order valence-electron chi connectivity index (χ3n) is 4.10. The molecule has 0 saturated heterocycles. The van der Waals surface area contributed by atoms with Gasteiger partial charge in [0, 0.05) is 22.7 Å². The van der Waals surface area contributed by atoms with E-state index in [2.05, 4.69) is 11.9 Å². The van der Waals surface area contributed by atoms with Crippen LogP contribution < -0.4 is 5.32 Å². The molecule has 0 aromatic heterocycles. The Labute approximate surface area is 170 Å². The third kappa shape index (κ3) is 5.78. The summed E-state index contributed by atoms with van der Waals surface area (Å²) in [5.41, 5.74) is 1.75. The van der Waals surface area contributed by atoms with E-state index in [9.17, 15) is 14.4 Å². The van der Waals surface area contributed by atoms with Gasteiger partial charge < -0.3 is 14.8 Å². The van der Waals surface area contributed by atoms with Crippen molar-refractivity contribution in [1.82, 2.24) is 0 Å². The fourth-order valence-corrected chi connectivity index (χ4v) is 2.64. The first kappa shape index (κ1) is 21.9. The van der Waals surface area contributed by atoms with Gasteiger partial charge in [-0.3, -0.25) is 4.79 Å². The molecule has 6 heteroatoms. The van der Waals surface area contributed by atoms with Crippen LogP contribution in [0.3, 0.4) is 0 Å². The van der Waals surface area contributed by atoms with Crippen LogP contribution in [0.15, 0.2) is 60.8 Å². The Kier molecular flexibility index (Phi) is 7.71. The number of benzene rings is 2. The van der Waals surface area contributed by atoms with E-state index in [1.54, 1.807) is 63.2 Å². The molecule has 29 heavy (non-hydrogen) atoms. The van der Waals surface area contributed by atoms with Gasteiger partial charge in [0.05, 0.1) is 12.2 Å². The summed E-state index contributed by atoms with van der Waals surface area (Å²) >= 11 is 0. The molecule has 2 rings (SSSR count). The lowest BCUT2D eigenvalue weighted by Gasteiger charge is -2.17. The Bertz CT molecular complexity index is 903. The number of hydrogen-bond acceptors (Lipinski definition) is 6. The number of hydrogen-bond donors (Lipinski definition) is 1. The van der Waals surface area contributed by atoms with Gasteiger partial charge in [-0.25, -0.2) is 9.59 Å². The van der Waals surface area contributed by atoms with Crippen LogP contribution in [0, 0.1) is 5.92 Å². The van der Waals surface area contributed by atoms with E-state index >= 15 is 0 Å². The molecule has 0 spiro atoms. The number of anilines is 1. The van der Waals surface area contributed by atoms with Gasteiger partial charge in [-0.1, -0.05) is 50.8 Å². The number of rotatable bonds is 9. The molecule has 2 aromatic rings. The van der Waals surface area contributed by atoms with Gasteiger partial charge in [0.15, 0.2) is 5.78 Å². The first-order chi connectivity index (χ1) is 13.8. The molecule has 0 unspecified atom stereocenters. The quantitative estimate of drug-likeness (QED) is 0.386. The Morgan fingerprint density at radius 1 is 1.00 bits per heavy atom. The average Bonchev–Trinajstić information content (AvgIpc) is 2.72. The Morgan fingerprint density at radius 3 is 2.31 bits per heavy atom. The van der Waals surface area contributed by atoms with E-state index in [0.29, 0.717) is 22.4 Å². The molecule has 1 N–H and O–H groups in total. The lowest BCUT2D eigenvalue weighted by Crippen LogP contribution is -2.18. The fraction of sp³-hybridized carbons (Fsp3) is 0.261. The summed E-state index contributed by atoms with van der Waals surface area (Å²) in [5.74, 6) is -1.52. The van der Waals surface area contributed by atoms with Gasteiger partial charge in [-0.2, -0.15) is 0 Å². The molecule has 2 aromatic carbocycles. The fourth-order valence-electron chi connectivity index (χ4n) is 2.64. The van der Waals surface area contributed by atoms with Crippen molar-refractivity contribution in [3.8, 4) is 0 Å². The van der Waals surface area contributed by atoms with Crippen molar-refractivity contribution in [2.45, 2.75) is 27.4 Å². The number of Topliss-reactive ketones (excluding diaryl/α,β-unsaturated/α-hetero) is 1. The summed E-state index contributed by atoms with van der Waals surface area (Å²) in [4.78, 5) is 37.0. The Morgan fingerprint density at radius 2 is 1.69 bits per heavy atom. The van der Waals surface area contributed by atoms with Gasteiger partial charge in [-0.15, -0.1) is 0 Å². The highest BCUT2D eigenvalue weighted by Gasteiger charge is 2.21. The summed E-state index contributed by atoms with van der Waals surface area (Å²) in [6.07, 6.45) is 0. The van der Waals surface area contributed by atoms with E-state index < -0.39 is 11.9 Å². The molecule has 0 atom stereocenters. The first-order valence-electron chi connectivity index (χ1n) is 9.36. The summed E-state index contributed by atoms with van der Waals surface area (Å²) in [6.45, 7) is 9.06. The number of nitrogens with one attached hydrogen (secondary N) is 1. The maximum Gasteiger partial charge on any atom is 0.354 e. The smallest absolute Gasteiger partial charge is 0.354 e. The van der Waals surface area contributed by atoms with Crippen molar-refractivity contribution in [2.24, 2.45) is 5.92 Å². The van der Waals surface area contributed by atoms with Crippen LogP contribution in [-0.4, -0.2) is 24.3 Å². The van der Waals surface area contributed by atoms with Crippen LogP contribution in [0.1, 0.15) is 47.1 Å². The summed E-state index contributed by atoms with van der Waals surface area (Å²) in [5, 5.41) is 2.86. The zero-order valence-electron chi connectivity index (χ0n) is 16.9. The number of carbonyl (C=O) groups is 3. The number of esters is 2. The van der Waals surface area contributed by atoms with Crippen molar-refractivity contribution < 1.29 is 23.9 Å². The van der Waals surface area contributed by atoms with Gasteiger partial charge in [0.1, 0.15) is 12.3 Å². The largest absolute Gasteiger partial charge is 0.461 e. The van der Waals surface area contributed by atoms with Crippen molar-refractivity contribution in [3.05, 3.63) is 77.5 Å². The summed E-state index contributed by atoms with van der Waals surface area (Å²) in [6, 6.07) is 13.7. The maximum absolute atomic E-state index is 12.9. The van der Waals surface area contributed by atoms with Crippen LogP contribution >= 0.6 is 0 Å². The molecule has 0 heterocycles. The third-order valence-corrected chi connectivity index (χ3v) is 4.10. The Hall–Kier alpha value is -3.41. The molecular weight excluding hydrogens is 370 g/mol. The van der Waals surface area contributed by atoms with Gasteiger partial charge in [-0.05, 0) is 25.1 Å². The molecule has 0 aliphatic heterocycles. The SMILES string of the molecule is C=C(Nc1cccc(COC(=O)c2ccccc2)c1C(=O)C(C)C)C(=O)OCC. The molecule has 0 aliphatic carbocycles. The average molecular weight is 395 g/mol. The second-order valence-corrected chi connectivity index (χ2v) is 6.62. The minimum Gasteiger partial charge on any atom is -0.461 e. The van der Waals surface area contributed by atoms with Crippen molar-refractivity contribution >= 4 is 23.4 Å². The number of carbonyl (C=O) groups excluding carboxylic acids is 3.